The molecule has 5 nitrogen and oxygen atoms in total. The molecule has 0 aliphatic carbocycles. The first-order chi connectivity index (χ1) is 9.88. The molecule has 2 rings (SSSR count). The maximum absolute atomic E-state index is 12.5. The van der Waals surface area contributed by atoms with E-state index in [1.165, 1.54) is 4.90 Å². The van der Waals surface area contributed by atoms with Gasteiger partial charge in [-0.15, -0.1) is 0 Å². The first kappa shape index (κ1) is 15.2. The molecule has 0 atom stereocenters. The lowest BCUT2D eigenvalue weighted by atomic mass is 10.1. The van der Waals surface area contributed by atoms with Crippen LogP contribution in [0.4, 0.5) is 5.82 Å². The number of aryl methyl sites for hydroxylation is 2. The first-order valence-electron chi connectivity index (χ1n) is 7.06. The number of hydrogen-bond acceptors (Lipinski definition) is 4. The van der Waals surface area contributed by atoms with Gasteiger partial charge in [-0.1, -0.05) is 19.9 Å². The monoisotopic (exact) mass is 287 g/mol. The maximum atomic E-state index is 12.5. The Bertz CT molecular complexity index is 647. The second kappa shape index (κ2) is 6.08. The molecule has 112 valence electrons. The van der Waals surface area contributed by atoms with Gasteiger partial charge in [0.05, 0.1) is 5.69 Å². The summed E-state index contributed by atoms with van der Waals surface area (Å²) in [5.74, 6) is 1.70. The van der Waals surface area contributed by atoms with Gasteiger partial charge in [-0.2, -0.15) is 0 Å². The number of carbonyl (C=O) groups is 1. The number of nitrogens with zero attached hydrogens (tertiary/aromatic N) is 3. The van der Waals surface area contributed by atoms with Crippen LogP contribution in [-0.4, -0.2) is 22.9 Å². The minimum Gasteiger partial charge on any atom is -0.435 e. The van der Waals surface area contributed by atoms with E-state index < -0.39 is 0 Å². The summed E-state index contributed by atoms with van der Waals surface area (Å²) >= 11 is 0. The van der Waals surface area contributed by atoms with Gasteiger partial charge in [0.25, 0.3) is 5.91 Å². The van der Waals surface area contributed by atoms with Crippen LogP contribution in [0, 0.1) is 19.8 Å². The molecule has 5 heteroatoms. The topological polar surface area (TPSA) is 59.2 Å². The molecule has 0 radical (unpaired) electrons. The van der Waals surface area contributed by atoms with E-state index in [1.54, 1.807) is 20.0 Å². The normalized spacial score (nSPS) is 11.0. The number of aromatic nitrogens is 2. The molecule has 0 bridgehead atoms. The van der Waals surface area contributed by atoms with Gasteiger partial charge < -0.3 is 4.42 Å². The van der Waals surface area contributed by atoms with Crippen molar-refractivity contribution in [2.75, 3.05) is 11.9 Å². The molecule has 0 unspecified atom stereocenters. The van der Waals surface area contributed by atoms with Crippen molar-refractivity contribution in [3.63, 3.8) is 0 Å². The third-order valence-corrected chi connectivity index (χ3v) is 3.14. The van der Waals surface area contributed by atoms with Gasteiger partial charge in [-0.3, -0.25) is 9.69 Å². The molecule has 0 aromatic carbocycles. The van der Waals surface area contributed by atoms with Gasteiger partial charge >= 0.3 is 0 Å². The van der Waals surface area contributed by atoms with E-state index in [2.05, 4.69) is 23.8 Å². The van der Waals surface area contributed by atoms with Crippen molar-refractivity contribution in [1.82, 2.24) is 9.97 Å². The van der Waals surface area contributed by atoms with Gasteiger partial charge in [0.2, 0.25) is 5.76 Å². The van der Waals surface area contributed by atoms with Gasteiger partial charge in [-0.25, -0.2) is 9.97 Å². The van der Waals surface area contributed by atoms with Crippen LogP contribution in [-0.2, 0) is 6.42 Å². The summed E-state index contributed by atoms with van der Waals surface area (Å²) in [6.07, 6.45) is 0.723. The minimum absolute atomic E-state index is 0.229. The summed E-state index contributed by atoms with van der Waals surface area (Å²) in [7, 11) is 1.69. The van der Waals surface area contributed by atoms with Crippen molar-refractivity contribution in [3.05, 3.63) is 41.2 Å². The van der Waals surface area contributed by atoms with E-state index in [9.17, 15) is 4.79 Å². The molecular weight excluding hydrogens is 266 g/mol. The highest BCUT2D eigenvalue weighted by molar-refractivity contribution is 6.03. The molecule has 0 aliphatic heterocycles. The molecule has 2 aromatic rings. The molecule has 0 N–H and O–H groups in total. The molecule has 0 aliphatic rings. The lowest BCUT2D eigenvalue weighted by Crippen LogP contribution is -2.27. The Balaban J connectivity index is 2.25. The molecule has 0 fully saturated rings. The number of rotatable bonds is 4. The van der Waals surface area contributed by atoms with Crippen molar-refractivity contribution in [2.24, 2.45) is 5.92 Å². The predicted octanol–water partition coefficient (Wildman–Crippen LogP) is 3.16. The Kier molecular flexibility index (Phi) is 4.40. The van der Waals surface area contributed by atoms with Gasteiger partial charge in [0.15, 0.2) is 5.89 Å². The molecule has 0 saturated carbocycles. The van der Waals surface area contributed by atoms with E-state index in [1.807, 2.05) is 19.1 Å². The van der Waals surface area contributed by atoms with Crippen LogP contribution in [0.1, 0.15) is 41.7 Å². The molecule has 2 aromatic heterocycles. The zero-order valence-corrected chi connectivity index (χ0v) is 13.2. The molecule has 0 saturated heterocycles. The summed E-state index contributed by atoms with van der Waals surface area (Å²) in [6, 6.07) is 5.56. The second-order valence-corrected chi connectivity index (χ2v) is 5.62. The lowest BCUT2D eigenvalue weighted by Gasteiger charge is -2.15. The highest BCUT2D eigenvalue weighted by Gasteiger charge is 2.22. The van der Waals surface area contributed by atoms with E-state index in [-0.39, 0.29) is 11.7 Å². The third kappa shape index (κ3) is 3.48. The molecule has 1 amide bonds. The Morgan fingerprint density at radius 3 is 2.62 bits per heavy atom. The Morgan fingerprint density at radius 2 is 2.00 bits per heavy atom. The van der Waals surface area contributed by atoms with Gasteiger partial charge in [-0.05, 0) is 31.9 Å². The summed E-state index contributed by atoms with van der Waals surface area (Å²) < 4.78 is 5.63. The average Bonchev–Trinajstić information content (AvgIpc) is 2.77. The summed E-state index contributed by atoms with van der Waals surface area (Å²) in [5.41, 5.74) is 1.48. The fraction of sp³-hybridized carbons (Fsp3) is 0.438. The van der Waals surface area contributed by atoms with E-state index in [4.69, 9.17) is 4.42 Å². The maximum Gasteiger partial charge on any atom is 0.296 e. The van der Waals surface area contributed by atoms with E-state index >= 15 is 0 Å². The van der Waals surface area contributed by atoms with Gasteiger partial charge in [0.1, 0.15) is 5.82 Å². The summed E-state index contributed by atoms with van der Waals surface area (Å²) in [5, 5.41) is 0. The van der Waals surface area contributed by atoms with Crippen molar-refractivity contribution < 1.29 is 9.21 Å². The number of pyridine rings is 1. The van der Waals surface area contributed by atoms with Crippen molar-refractivity contribution >= 4 is 11.7 Å². The van der Waals surface area contributed by atoms with Crippen LogP contribution in [0.5, 0.6) is 0 Å². The molecule has 0 spiro atoms. The second-order valence-electron chi connectivity index (χ2n) is 5.62. The number of hydrogen-bond donors (Lipinski definition) is 0. The van der Waals surface area contributed by atoms with Gasteiger partial charge in [0, 0.05) is 19.2 Å². The number of carbonyl (C=O) groups excluding carboxylic acids is 1. The fourth-order valence-corrected chi connectivity index (χ4v) is 2.06. The van der Waals surface area contributed by atoms with E-state index in [0.717, 1.165) is 12.1 Å². The Labute approximate surface area is 125 Å². The molecule has 21 heavy (non-hydrogen) atoms. The highest BCUT2D eigenvalue weighted by Crippen LogP contribution is 2.18. The first-order valence-corrected chi connectivity index (χ1v) is 7.06. The predicted molar refractivity (Wildman–Crippen MR) is 81.5 cm³/mol. The largest absolute Gasteiger partial charge is 0.435 e. The van der Waals surface area contributed by atoms with Crippen LogP contribution in [0.3, 0.4) is 0 Å². The summed E-state index contributed by atoms with van der Waals surface area (Å²) in [6.45, 7) is 7.86. The zero-order chi connectivity index (χ0) is 15.6. The van der Waals surface area contributed by atoms with Crippen molar-refractivity contribution in [1.29, 1.82) is 0 Å². The summed E-state index contributed by atoms with van der Waals surface area (Å²) in [4.78, 5) is 22.7. The number of oxazole rings is 1. The lowest BCUT2D eigenvalue weighted by molar-refractivity contribution is 0.0963. The van der Waals surface area contributed by atoms with Crippen molar-refractivity contribution in [2.45, 2.75) is 34.1 Å². The Morgan fingerprint density at radius 1 is 1.29 bits per heavy atom. The van der Waals surface area contributed by atoms with E-state index in [0.29, 0.717) is 23.3 Å². The highest BCUT2D eigenvalue weighted by atomic mass is 16.4. The molecule has 2 heterocycles. The quantitative estimate of drug-likeness (QED) is 0.866. The van der Waals surface area contributed by atoms with Crippen LogP contribution in [0.15, 0.2) is 22.6 Å². The third-order valence-electron chi connectivity index (χ3n) is 3.14. The SMILES string of the molecule is Cc1cccc(N(C)C(=O)c2oc(CC(C)C)nc2C)n1. The van der Waals surface area contributed by atoms with Crippen LogP contribution < -0.4 is 4.90 Å². The smallest absolute Gasteiger partial charge is 0.296 e. The standard InChI is InChI=1S/C16H21N3O2/c1-10(2)9-14-18-12(4)15(21-14)16(20)19(5)13-8-6-7-11(3)17-13/h6-8,10H,9H2,1-5H3. The molecular formula is C16H21N3O2. The number of amides is 1. The van der Waals surface area contributed by atoms with Crippen LogP contribution in [0.2, 0.25) is 0 Å². The number of anilines is 1. The van der Waals surface area contributed by atoms with Crippen LogP contribution >= 0.6 is 0 Å². The average molecular weight is 287 g/mol. The Hall–Kier alpha value is -2.17. The van der Waals surface area contributed by atoms with Crippen molar-refractivity contribution in [3.8, 4) is 0 Å². The minimum atomic E-state index is -0.229. The van der Waals surface area contributed by atoms with Crippen LogP contribution in [0.25, 0.3) is 0 Å². The fourth-order valence-electron chi connectivity index (χ4n) is 2.06. The zero-order valence-electron chi connectivity index (χ0n) is 13.2.